The van der Waals surface area contributed by atoms with E-state index in [1.165, 1.54) is 16.8 Å². The van der Waals surface area contributed by atoms with E-state index < -0.39 is 10.0 Å². The molecule has 7 heteroatoms. The molecule has 0 bridgehead atoms. The molecule has 1 N–H and O–H groups in total. The molecule has 2 aliphatic rings. The van der Waals surface area contributed by atoms with Crippen molar-refractivity contribution >= 4 is 27.3 Å². The average molecular weight is 414 g/mol. The standard InChI is InChI=1S/C22H27N3O3S/c1-16-6-7-17(2)21(14-16)24-10-12-25(13-11-24)29(27,28)19-8-9-20-18(15-19)4-3-5-22(26)23-20/h6-9,14-15H,3-5,10-13H2,1-2H3,(H,23,26). The number of anilines is 2. The van der Waals surface area contributed by atoms with Gasteiger partial charge in [-0.25, -0.2) is 8.42 Å². The van der Waals surface area contributed by atoms with Gasteiger partial charge in [0.2, 0.25) is 15.9 Å². The Kier molecular flexibility index (Phi) is 5.36. The summed E-state index contributed by atoms with van der Waals surface area (Å²) in [7, 11) is -3.55. The van der Waals surface area contributed by atoms with Gasteiger partial charge < -0.3 is 10.2 Å². The monoisotopic (exact) mass is 413 g/mol. The van der Waals surface area contributed by atoms with Gasteiger partial charge in [-0.15, -0.1) is 0 Å². The van der Waals surface area contributed by atoms with Crippen LogP contribution < -0.4 is 10.2 Å². The molecular formula is C22H27N3O3S. The van der Waals surface area contributed by atoms with Crippen molar-refractivity contribution in [3.8, 4) is 0 Å². The Balaban J connectivity index is 1.51. The lowest BCUT2D eigenvalue weighted by molar-refractivity contribution is -0.116. The number of carbonyl (C=O) groups excluding carboxylic acids is 1. The largest absolute Gasteiger partial charge is 0.369 e. The Bertz CT molecular complexity index is 1040. The lowest BCUT2D eigenvalue weighted by Gasteiger charge is -2.36. The van der Waals surface area contributed by atoms with E-state index in [-0.39, 0.29) is 5.91 Å². The molecule has 1 fully saturated rings. The van der Waals surface area contributed by atoms with Crippen LogP contribution in [0, 0.1) is 13.8 Å². The number of piperazine rings is 1. The number of carbonyl (C=O) groups is 1. The van der Waals surface area contributed by atoms with E-state index in [9.17, 15) is 13.2 Å². The number of nitrogens with zero attached hydrogens (tertiary/aromatic N) is 2. The van der Waals surface area contributed by atoms with E-state index >= 15 is 0 Å². The van der Waals surface area contributed by atoms with E-state index in [0.717, 1.165) is 17.7 Å². The number of aryl methyl sites for hydroxylation is 3. The molecule has 0 spiro atoms. The SMILES string of the molecule is Cc1ccc(C)c(N2CCN(S(=O)(=O)c3ccc4c(c3)CCCC(=O)N4)CC2)c1. The Labute approximate surface area is 172 Å². The first-order chi connectivity index (χ1) is 13.8. The summed E-state index contributed by atoms with van der Waals surface area (Å²) in [6.45, 7) is 6.43. The normalized spacial score (nSPS) is 18.1. The number of fused-ring (bicyclic) bond motifs is 1. The van der Waals surface area contributed by atoms with Crippen molar-refractivity contribution in [2.45, 2.75) is 38.0 Å². The molecule has 0 atom stereocenters. The van der Waals surface area contributed by atoms with Crippen LogP contribution in [-0.4, -0.2) is 44.8 Å². The number of benzene rings is 2. The van der Waals surface area contributed by atoms with Gasteiger partial charge >= 0.3 is 0 Å². The Morgan fingerprint density at radius 3 is 2.45 bits per heavy atom. The molecule has 4 rings (SSSR count). The number of hydrogen-bond donors (Lipinski definition) is 1. The van der Waals surface area contributed by atoms with Crippen LogP contribution >= 0.6 is 0 Å². The van der Waals surface area contributed by atoms with Crippen LogP contribution in [0.5, 0.6) is 0 Å². The van der Waals surface area contributed by atoms with Crippen molar-refractivity contribution < 1.29 is 13.2 Å². The molecule has 0 aliphatic carbocycles. The van der Waals surface area contributed by atoms with Gasteiger partial charge in [-0.2, -0.15) is 4.31 Å². The second-order valence-electron chi connectivity index (χ2n) is 7.90. The van der Waals surface area contributed by atoms with Crippen molar-refractivity contribution in [1.29, 1.82) is 0 Å². The summed E-state index contributed by atoms with van der Waals surface area (Å²) < 4.78 is 28.0. The summed E-state index contributed by atoms with van der Waals surface area (Å²) in [4.78, 5) is 14.3. The smallest absolute Gasteiger partial charge is 0.243 e. The van der Waals surface area contributed by atoms with Crippen molar-refractivity contribution in [3.63, 3.8) is 0 Å². The molecule has 0 unspecified atom stereocenters. The van der Waals surface area contributed by atoms with Crippen LogP contribution in [0.1, 0.15) is 29.5 Å². The molecule has 0 aromatic heterocycles. The summed E-state index contributed by atoms with van der Waals surface area (Å²) in [5, 5.41) is 2.86. The zero-order valence-electron chi connectivity index (χ0n) is 16.9. The van der Waals surface area contributed by atoms with Crippen molar-refractivity contribution in [2.24, 2.45) is 0 Å². The van der Waals surface area contributed by atoms with Crippen LogP contribution in [0.25, 0.3) is 0 Å². The van der Waals surface area contributed by atoms with Gasteiger partial charge in [0.1, 0.15) is 0 Å². The third-order valence-electron chi connectivity index (χ3n) is 5.78. The van der Waals surface area contributed by atoms with E-state index in [1.54, 1.807) is 22.5 Å². The molecule has 2 aliphatic heterocycles. The minimum absolute atomic E-state index is 0.0121. The molecule has 2 aromatic rings. The summed E-state index contributed by atoms with van der Waals surface area (Å²) >= 11 is 0. The van der Waals surface area contributed by atoms with Gasteiger partial charge in [-0.3, -0.25) is 4.79 Å². The van der Waals surface area contributed by atoms with Gasteiger partial charge in [0.15, 0.2) is 0 Å². The molecule has 1 saturated heterocycles. The molecule has 29 heavy (non-hydrogen) atoms. The van der Waals surface area contributed by atoms with E-state index in [4.69, 9.17) is 0 Å². The van der Waals surface area contributed by atoms with Gasteiger partial charge in [-0.1, -0.05) is 12.1 Å². The van der Waals surface area contributed by atoms with Crippen LogP contribution in [-0.2, 0) is 21.2 Å². The van der Waals surface area contributed by atoms with E-state index in [0.29, 0.717) is 43.9 Å². The highest BCUT2D eigenvalue weighted by Gasteiger charge is 2.29. The Morgan fingerprint density at radius 2 is 1.69 bits per heavy atom. The summed E-state index contributed by atoms with van der Waals surface area (Å²) in [5.74, 6) is -0.0121. The summed E-state index contributed by atoms with van der Waals surface area (Å²) in [6.07, 6.45) is 1.91. The number of rotatable bonds is 3. The maximum atomic E-state index is 13.2. The first kappa shape index (κ1) is 19.9. The van der Waals surface area contributed by atoms with Crippen LogP contribution in [0.2, 0.25) is 0 Å². The lowest BCUT2D eigenvalue weighted by atomic mass is 10.1. The zero-order valence-corrected chi connectivity index (χ0v) is 17.8. The first-order valence-corrected chi connectivity index (χ1v) is 11.5. The summed E-state index contributed by atoms with van der Waals surface area (Å²) in [5.41, 5.74) is 5.22. The minimum Gasteiger partial charge on any atom is -0.369 e. The van der Waals surface area contributed by atoms with Gasteiger partial charge in [0.05, 0.1) is 4.90 Å². The third-order valence-corrected chi connectivity index (χ3v) is 7.68. The predicted molar refractivity (Wildman–Crippen MR) is 115 cm³/mol. The predicted octanol–water partition coefficient (Wildman–Crippen LogP) is 3.09. The number of sulfonamides is 1. The van der Waals surface area contributed by atoms with Gasteiger partial charge in [0, 0.05) is 44.0 Å². The van der Waals surface area contributed by atoms with Gasteiger partial charge in [-0.05, 0) is 67.6 Å². The van der Waals surface area contributed by atoms with E-state index in [2.05, 4.69) is 42.3 Å². The molecular weight excluding hydrogens is 386 g/mol. The highest BCUT2D eigenvalue weighted by atomic mass is 32.2. The van der Waals surface area contributed by atoms with Gasteiger partial charge in [0.25, 0.3) is 0 Å². The molecule has 154 valence electrons. The molecule has 1 amide bonds. The van der Waals surface area contributed by atoms with Crippen LogP contribution in [0.15, 0.2) is 41.3 Å². The zero-order chi connectivity index (χ0) is 20.6. The highest BCUT2D eigenvalue weighted by molar-refractivity contribution is 7.89. The molecule has 2 aromatic carbocycles. The molecule has 2 heterocycles. The fourth-order valence-electron chi connectivity index (χ4n) is 4.09. The minimum atomic E-state index is -3.55. The first-order valence-electron chi connectivity index (χ1n) is 10.1. The van der Waals surface area contributed by atoms with Crippen LogP contribution in [0.3, 0.4) is 0 Å². The molecule has 0 radical (unpaired) electrons. The van der Waals surface area contributed by atoms with E-state index in [1.807, 2.05) is 0 Å². The topological polar surface area (TPSA) is 69.7 Å². The maximum absolute atomic E-state index is 13.2. The number of nitrogens with one attached hydrogen (secondary N) is 1. The maximum Gasteiger partial charge on any atom is 0.243 e. The number of amides is 1. The third kappa shape index (κ3) is 4.02. The quantitative estimate of drug-likeness (QED) is 0.840. The molecule has 0 saturated carbocycles. The summed E-state index contributed by atoms with van der Waals surface area (Å²) in [6, 6.07) is 11.4. The number of hydrogen-bond acceptors (Lipinski definition) is 4. The Hall–Kier alpha value is -2.38. The lowest BCUT2D eigenvalue weighted by Crippen LogP contribution is -2.48. The fourth-order valence-corrected chi connectivity index (χ4v) is 5.56. The molecule has 6 nitrogen and oxygen atoms in total. The van der Waals surface area contributed by atoms with Crippen molar-refractivity contribution in [3.05, 3.63) is 53.1 Å². The highest BCUT2D eigenvalue weighted by Crippen LogP contribution is 2.28. The fraction of sp³-hybridized carbons (Fsp3) is 0.409. The van der Waals surface area contributed by atoms with Crippen LogP contribution in [0.4, 0.5) is 11.4 Å². The second-order valence-corrected chi connectivity index (χ2v) is 9.84. The average Bonchev–Trinajstić information content (AvgIpc) is 2.89. The second kappa shape index (κ2) is 7.80. The van der Waals surface area contributed by atoms with Crippen molar-refractivity contribution in [1.82, 2.24) is 4.31 Å². The Morgan fingerprint density at radius 1 is 0.931 bits per heavy atom. The van der Waals surface area contributed by atoms with Crippen molar-refractivity contribution in [2.75, 3.05) is 36.4 Å².